The molecule has 0 atom stereocenters. The molecule has 0 amide bonds. The van der Waals surface area contributed by atoms with E-state index in [0.717, 1.165) is 28.2 Å². The van der Waals surface area contributed by atoms with Gasteiger partial charge in [-0.2, -0.15) is 0 Å². The third kappa shape index (κ3) is 2.63. The van der Waals surface area contributed by atoms with Crippen LogP contribution in [0.5, 0.6) is 0 Å². The fourth-order valence-electron chi connectivity index (χ4n) is 3.51. The smallest absolute Gasteiger partial charge is 0.173 e. The minimum atomic E-state index is 0.127. The van der Waals surface area contributed by atoms with Crippen LogP contribution in [0.15, 0.2) is 71.9 Å². The number of fused-ring (bicyclic) bond motifs is 4. The number of ketones is 1. The number of carbonyl (C=O) groups excluding carboxylic acids is 1. The SMILES string of the molecule is O=C(CSc1nc2ccccc2[nH]1)c1ccc2c(c1)-c1ccccc1C2. The van der Waals surface area contributed by atoms with Gasteiger partial charge in [0.25, 0.3) is 0 Å². The lowest BCUT2D eigenvalue weighted by molar-refractivity contribution is 0.102. The van der Waals surface area contributed by atoms with Gasteiger partial charge in [-0.15, -0.1) is 0 Å². The number of hydrogen-bond acceptors (Lipinski definition) is 3. The maximum atomic E-state index is 12.7. The van der Waals surface area contributed by atoms with Gasteiger partial charge < -0.3 is 4.98 Å². The molecule has 4 heteroatoms. The quantitative estimate of drug-likeness (QED) is 0.359. The summed E-state index contributed by atoms with van der Waals surface area (Å²) in [5.41, 5.74) is 7.77. The van der Waals surface area contributed by atoms with Crippen LogP contribution in [0.2, 0.25) is 0 Å². The van der Waals surface area contributed by atoms with E-state index in [0.29, 0.717) is 5.75 Å². The van der Waals surface area contributed by atoms with Crippen LogP contribution >= 0.6 is 11.8 Å². The van der Waals surface area contributed by atoms with Gasteiger partial charge in [0.05, 0.1) is 16.8 Å². The summed E-state index contributed by atoms with van der Waals surface area (Å²) in [6.45, 7) is 0. The van der Waals surface area contributed by atoms with Gasteiger partial charge in [0.15, 0.2) is 10.9 Å². The molecule has 0 radical (unpaired) electrons. The zero-order valence-corrected chi connectivity index (χ0v) is 14.8. The molecule has 1 aliphatic carbocycles. The van der Waals surface area contributed by atoms with E-state index >= 15 is 0 Å². The van der Waals surface area contributed by atoms with Crippen molar-refractivity contribution in [1.29, 1.82) is 0 Å². The highest BCUT2D eigenvalue weighted by atomic mass is 32.2. The van der Waals surface area contributed by atoms with Gasteiger partial charge >= 0.3 is 0 Å². The van der Waals surface area contributed by atoms with E-state index in [1.807, 2.05) is 36.4 Å². The number of hydrogen-bond donors (Lipinski definition) is 1. The average molecular weight is 356 g/mol. The van der Waals surface area contributed by atoms with E-state index in [-0.39, 0.29) is 5.78 Å². The molecule has 0 bridgehead atoms. The van der Waals surface area contributed by atoms with Crippen molar-refractivity contribution in [2.45, 2.75) is 11.6 Å². The molecule has 4 aromatic rings. The van der Waals surface area contributed by atoms with Crippen molar-refractivity contribution in [1.82, 2.24) is 9.97 Å². The monoisotopic (exact) mass is 356 g/mol. The summed E-state index contributed by atoms with van der Waals surface area (Å²) < 4.78 is 0. The summed E-state index contributed by atoms with van der Waals surface area (Å²) in [6, 6.07) is 22.4. The Morgan fingerprint density at radius 3 is 2.69 bits per heavy atom. The zero-order chi connectivity index (χ0) is 17.5. The van der Waals surface area contributed by atoms with Gasteiger partial charge in [-0.25, -0.2) is 4.98 Å². The number of rotatable bonds is 4. The van der Waals surface area contributed by atoms with E-state index < -0.39 is 0 Å². The first-order valence-electron chi connectivity index (χ1n) is 8.60. The number of para-hydroxylation sites is 2. The number of nitrogens with zero attached hydrogens (tertiary/aromatic N) is 1. The van der Waals surface area contributed by atoms with Crippen LogP contribution in [-0.4, -0.2) is 21.5 Å². The van der Waals surface area contributed by atoms with Crippen LogP contribution in [0.3, 0.4) is 0 Å². The molecule has 3 nitrogen and oxygen atoms in total. The molecule has 26 heavy (non-hydrogen) atoms. The van der Waals surface area contributed by atoms with Crippen LogP contribution in [-0.2, 0) is 6.42 Å². The first kappa shape index (κ1) is 15.4. The number of carbonyl (C=O) groups is 1. The number of Topliss-reactive ketones (excluding diaryl/α,β-unsaturated/α-hetero) is 1. The largest absolute Gasteiger partial charge is 0.333 e. The molecule has 3 aromatic carbocycles. The summed E-state index contributed by atoms with van der Waals surface area (Å²) >= 11 is 1.45. The van der Waals surface area contributed by atoms with Crippen LogP contribution in [0.25, 0.3) is 22.2 Å². The molecule has 1 N–H and O–H groups in total. The summed E-state index contributed by atoms with van der Waals surface area (Å²) in [5.74, 6) is 0.503. The lowest BCUT2D eigenvalue weighted by Gasteiger charge is -2.05. The fraction of sp³-hybridized carbons (Fsp3) is 0.0909. The molecular weight excluding hydrogens is 340 g/mol. The topological polar surface area (TPSA) is 45.8 Å². The van der Waals surface area contributed by atoms with Crippen LogP contribution in [0.1, 0.15) is 21.5 Å². The number of benzene rings is 3. The number of thioether (sulfide) groups is 1. The molecule has 0 aliphatic heterocycles. The average Bonchev–Trinajstić information content (AvgIpc) is 3.26. The van der Waals surface area contributed by atoms with Crippen molar-refractivity contribution >= 4 is 28.6 Å². The molecule has 0 spiro atoms. The Kier molecular flexibility index (Phi) is 3.64. The van der Waals surface area contributed by atoms with E-state index in [4.69, 9.17) is 0 Å². The molecule has 0 unspecified atom stereocenters. The Labute approximate surface area is 155 Å². The van der Waals surface area contributed by atoms with Gasteiger partial charge in [-0.3, -0.25) is 4.79 Å². The third-order valence-corrected chi connectivity index (χ3v) is 5.70. The zero-order valence-electron chi connectivity index (χ0n) is 14.0. The Bertz CT molecular complexity index is 1110. The van der Waals surface area contributed by atoms with Gasteiger partial charge in [0, 0.05) is 5.56 Å². The normalized spacial score (nSPS) is 12.2. The van der Waals surface area contributed by atoms with E-state index in [9.17, 15) is 4.79 Å². The van der Waals surface area contributed by atoms with Crippen molar-refractivity contribution in [3.8, 4) is 11.1 Å². The third-order valence-electron chi connectivity index (χ3n) is 4.83. The number of aromatic amines is 1. The van der Waals surface area contributed by atoms with E-state index in [1.54, 1.807) is 0 Å². The maximum absolute atomic E-state index is 12.7. The molecule has 126 valence electrons. The second kappa shape index (κ2) is 6.15. The van der Waals surface area contributed by atoms with Crippen molar-refractivity contribution in [2.75, 3.05) is 5.75 Å². The first-order valence-corrected chi connectivity index (χ1v) is 9.58. The minimum absolute atomic E-state index is 0.127. The predicted octanol–water partition coefficient (Wildman–Crippen LogP) is 5.11. The standard InChI is InChI=1S/C22H16N2OS/c25-21(13-26-22-23-19-7-3-4-8-20(19)24-22)16-10-9-15-11-14-5-1-2-6-17(14)18(15)12-16/h1-10,12H,11,13H2,(H,23,24). The van der Waals surface area contributed by atoms with E-state index in [1.165, 1.54) is 34.0 Å². The molecule has 1 aromatic heterocycles. The maximum Gasteiger partial charge on any atom is 0.173 e. The highest BCUT2D eigenvalue weighted by molar-refractivity contribution is 7.99. The lowest BCUT2D eigenvalue weighted by Crippen LogP contribution is -2.03. The molecule has 5 rings (SSSR count). The van der Waals surface area contributed by atoms with E-state index in [2.05, 4.69) is 40.3 Å². The van der Waals surface area contributed by atoms with Gasteiger partial charge in [-0.05, 0) is 46.9 Å². The van der Waals surface area contributed by atoms with Crippen molar-refractivity contribution < 1.29 is 4.79 Å². The van der Waals surface area contributed by atoms with Crippen LogP contribution in [0, 0.1) is 0 Å². The lowest BCUT2D eigenvalue weighted by atomic mass is 10.0. The number of aromatic nitrogens is 2. The van der Waals surface area contributed by atoms with Crippen molar-refractivity contribution in [2.24, 2.45) is 0 Å². The predicted molar refractivity (Wildman–Crippen MR) is 106 cm³/mol. The Hall–Kier alpha value is -2.85. The second-order valence-electron chi connectivity index (χ2n) is 6.48. The molecule has 0 saturated heterocycles. The summed E-state index contributed by atoms with van der Waals surface area (Å²) in [6.07, 6.45) is 0.952. The number of H-pyrrole nitrogens is 1. The van der Waals surface area contributed by atoms with Gasteiger partial charge in [0.1, 0.15) is 0 Å². The van der Waals surface area contributed by atoms with Gasteiger partial charge in [0.2, 0.25) is 0 Å². The Balaban J connectivity index is 1.37. The highest BCUT2D eigenvalue weighted by Crippen LogP contribution is 2.37. The van der Waals surface area contributed by atoms with Crippen molar-refractivity contribution in [3.05, 3.63) is 83.4 Å². The summed E-state index contributed by atoms with van der Waals surface area (Å²) in [7, 11) is 0. The van der Waals surface area contributed by atoms with Gasteiger partial charge in [-0.1, -0.05) is 60.3 Å². The minimum Gasteiger partial charge on any atom is -0.333 e. The molecule has 0 fully saturated rings. The molecular formula is C22H16N2OS. The number of nitrogens with one attached hydrogen (secondary N) is 1. The highest BCUT2D eigenvalue weighted by Gasteiger charge is 2.19. The fourth-order valence-corrected chi connectivity index (χ4v) is 4.29. The molecule has 1 aliphatic rings. The molecule has 1 heterocycles. The van der Waals surface area contributed by atoms with Crippen LogP contribution in [0.4, 0.5) is 0 Å². The second-order valence-corrected chi connectivity index (χ2v) is 7.44. The van der Waals surface area contributed by atoms with Crippen LogP contribution < -0.4 is 0 Å². The summed E-state index contributed by atoms with van der Waals surface area (Å²) in [4.78, 5) is 20.5. The number of imidazole rings is 1. The summed E-state index contributed by atoms with van der Waals surface area (Å²) in [5, 5.41) is 0.783. The Morgan fingerprint density at radius 2 is 1.77 bits per heavy atom. The molecule has 0 saturated carbocycles. The van der Waals surface area contributed by atoms with Crippen molar-refractivity contribution in [3.63, 3.8) is 0 Å². The Morgan fingerprint density at radius 1 is 0.962 bits per heavy atom. The first-order chi connectivity index (χ1) is 12.8.